The average Bonchev–Trinajstić information content (AvgIpc) is 3.08. The highest BCUT2D eigenvalue weighted by atomic mass is 19.4. The van der Waals surface area contributed by atoms with Crippen LogP contribution in [0.1, 0.15) is 35.6 Å². The third kappa shape index (κ3) is 4.66. The smallest absolute Gasteiger partial charge is 0.419 e. The first-order valence-corrected chi connectivity index (χ1v) is 9.69. The Bertz CT molecular complexity index is 1200. The minimum Gasteiger partial charge on any atom is -0.488 e. The molecule has 0 atom stereocenters. The van der Waals surface area contributed by atoms with Crippen LogP contribution >= 0.6 is 0 Å². The summed E-state index contributed by atoms with van der Waals surface area (Å²) in [5, 5.41) is 11.3. The number of oxime groups is 1. The van der Waals surface area contributed by atoms with Crippen molar-refractivity contribution in [3.8, 4) is 11.4 Å². The predicted octanol–water partition coefficient (Wildman–Crippen LogP) is 3.63. The van der Waals surface area contributed by atoms with Crippen LogP contribution in [0.3, 0.4) is 0 Å². The number of halogens is 3. The molecule has 0 fully saturated rings. The highest BCUT2D eigenvalue weighted by Crippen LogP contribution is 2.37. The van der Waals surface area contributed by atoms with E-state index in [2.05, 4.69) is 15.6 Å². The van der Waals surface area contributed by atoms with E-state index in [0.717, 1.165) is 21.0 Å². The van der Waals surface area contributed by atoms with E-state index in [-0.39, 0.29) is 17.9 Å². The van der Waals surface area contributed by atoms with Gasteiger partial charge in [-0.15, -0.1) is 0 Å². The molecule has 0 saturated heterocycles. The number of nitrogens with zero attached hydrogens (tertiary/aromatic N) is 5. The van der Waals surface area contributed by atoms with Crippen LogP contribution in [0, 0.1) is 6.92 Å². The Morgan fingerprint density at radius 3 is 2.53 bits per heavy atom. The summed E-state index contributed by atoms with van der Waals surface area (Å²) in [6, 6.07) is 8.86. The molecule has 3 aromatic rings. The molecule has 0 aliphatic rings. The maximum absolute atomic E-state index is 13.8. The lowest BCUT2D eigenvalue weighted by atomic mass is 10.0. The maximum Gasteiger partial charge on any atom is 0.419 e. The van der Waals surface area contributed by atoms with Gasteiger partial charge in [0, 0.05) is 18.2 Å². The Kier molecular flexibility index (Phi) is 6.66. The Morgan fingerprint density at radius 1 is 1.19 bits per heavy atom. The minimum atomic E-state index is -4.65. The summed E-state index contributed by atoms with van der Waals surface area (Å²) >= 11 is 0. The van der Waals surface area contributed by atoms with Crippen molar-refractivity contribution in [2.45, 2.75) is 33.1 Å². The first-order chi connectivity index (χ1) is 15.2. The minimum absolute atomic E-state index is 0.208. The van der Waals surface area contributed by atoms with Gasteiger partial charge in [0.15, 0.2) is 0 Å². The fourth-order valence-electron chi connectivity index (χ4n) is 3.18. The van der Waals surface area contributed by atoms with Gasteiger partial charge in [0.25, 0.3) is 0 Å². The average molecular weight is 449 g/mol. The normalized spacial score (nSPS) is 12.2. The molecule has 0 saturated carbocycles. The Hall–Kier alpha value is -3.63. The molecule has 11 heteroatoms. The van der Waals surface area contributed by atoms with Gasteiger partial charge in [-0.25, -0.2) is 4.79 Å². The predicted molar refractivity (Wildman–Crippen MR) is 111 cm³/mol. The highest BCUT2D eigenvalue weighted by Gasteiger charge is 2.35. The molecule has 32 heavy (non-hydrogen) atoms. The van der Waals surface area contributed by atoms with Gasteiger partial charge >= 0.3 is 11.9 Å². The topological polar surface area (TPSA) is 83.5 Å². The summed E-state index contributed by atoms with van der Waals surface area (Å²) in [5.41, 5.74) is 0.882. The number of tetrazole rings is 1. The molecular formula is C21H22F3N5O3. The van der Waals surface area contributed by atoms with E-state index in [1.807, 2.05) is 0 Å². The maximum atomic E-state index is 13.8. The van der Waals surface area contributed by atoms with E-state index in [9.17, 15) is 18.0 Å². The van der Waals surface area contributed by atoms with Gasteiger partial charge in [-0.3, -0.25) is 0 Å². The van der Waals surface area contributed by atoms with Crippen LogP contribution in [0.15, 0.2) is 46.3 Å². The fraction of sp³-hybridized carbons (Fsp3) is 0.333. The summed E-state index contributed by atoms with van der Waals surface area (Å²) < 4.78 is 49.0. The quantitative estimate of drug-likeness (QED) is 0.406. The molecule has 0 amide bonds. The van der Waals surface area contributed by atoms with Gasteiger partial charge in [0.2, 0.25) is 0 Å². The van der Waals surface area contributed by atoms with E-state index in [1.54, 1.807) is 32.0 Å². The van der Waals surface area contributed by atoms with Crippen molar-refractivity contribution in [1.29, 1.82) is 0 Å². The van der Waals surface area contributed by atoms with Crippen molar-refractivity contribution in [2.24, 2.45) is 12.2 Å². The molecule has 1 heterocycles. The van der Waals surface area contributed by atoms with Crippen molar-refractivity contribution < 1.29 is 22.7 Å². The molecule has 170 valence electrons. The van der Waals surface area contributed by atoms with E-state index < -0.39 is 17.4 Å². The summed E-state index contributed by atoms with van der Waals surface area (Å²) in [6.07, 6.45) is -4.25. The number of hydrogen-bond donors (Lipinski definition) is 0. The number of rotatable bonds is 7. The molecule has 0 aliphatic carbocycles. The van der Waals surface area contributed by atoms with Crippen molar-refractivity contribution in [2.75, 3.05) is 7.11 Å². The summed E-state index contributed by atoms with van der Waals surface area (Å²) in [5.74, 6) is -0.338. The molecular weight excluding hydrogens is 427 g/mol. The zero-order valence-corrected chi connectivity index (χ0v) is 18.0. The van der Waals surface area contributed by atoms with E-state index >= 15 is 0 Å². The molecule has 1 aromatic heterocycles. The number of aryl methyl sites for hydroxylation is 2. The summed E-state index contributed by atoms with van der Waals surface area (Å²) in [6.45, 7) is 3.33. The molecule has 0 unspecified atom stereocenters. The fourth-order valence-corrected chi connectivity index (χ4v) is 3.18. The Balaban J connectivity index is 2.00. The van der Waals surface area contributed by atoms with Crippen molar-refractivity contribution in [1.82, 2.24) is 19.8 Å². The van der Waals surface area contributed by atoms with Crippen LogP contribution in [0.5, 0.6) is 5.75 Å². The molecule has 0 N–H and O–H groups in total. The molecule has 3 rings (SSSR count). The van der Waals surface area contributed by atoms with Gasteiger partial charge in [0.1, 0.15) is 19.5 Å². The van der Waals surface area contributed by atoms with Crippen LogP contribution in [-0.4, -0.2) is 32.6 Å². The van der Waals surface area contributed by atoms with E-state index in [4.69, 9.17) is 9.57 Å². The SMILES string of the molecule is CC/C(=N\OC)c1ccc(OCc2c(C)cccc2-n2nnn(C)c2=O)c(C(F)(F)F)c1. The Morgan fingerprint density at radius 2 is 1.94 bits per heavy atom. The van der Waals surface area contributed by atoms with Crippen molar-refractivity contribution in [3.05, 3.63) is 69.1 Å². The van der Waals surface area contributed by atoms with E-state index in [0.29, 0.717) is 23.4 Å². The zero-order valence-electron chi connectivity index (χ0n) is 18.0. The first kappa shape index (κ1) is 23.0. The molecule has 0 radical (unpaired) electrons. The van der Waals surface area contributed by atoms with Gasteiger partial charge < -0.3 is 9.57 Å². The second-order valence-corrected chi connectivity index (χ2v) is 6.94. The largest absolute Gasteiger partial charge is 0.488 e. The second-order valence-electron chi connectivity index (χ2n) is 6.94. The van der Waals surface area contributed by atoms with Crippen LogP contribution < -0.4 is 10.4 Å². The van der Waals surface area contributed by atoms with Gasteiger partial charge in [-0.1, -0.05) is 24.2 Å². The van der Waals surface area contributed by atoms with Crippen LogP contribution in [0.4, 0.5) is 13.2 Å². The molecule has 0 bridgehead atoms. The number of benzene rings is 2. The molecule has 2 aromatic carbocycles. The van der Waals surface area contributed by atoms with Crippen molar-refractivity contribution >= 4 is 5.71 Å². The third-order valence-electron chi connectivity index (χ3n) is 4.86. The first-order valence-electron chi connectivity index (χ1n) is 9.69. The molecule has 0 spiro atoms. The Labute approximate surface area is 181 Å². The lowest BCUT2D eigenvalue weighted by Gasteiger charge is -2.17. The standard InChI is InChI=1S/C21H22F3N5O3/c1-5-17(25-31-4)14-9-10-19(16(11-14)21(22,23)24)32-12-15-13(2)7-6-8-18(15)29-20(30)28(3)26-27-29/h6-11H,5,12H2,1-4H3/b25-17+. The van der Waals surface area contributed by atoms with Crippen LogP contribution in [-0.2, 0) is 24.7 Å². The van der Waals surface area contributed by atoms with Crippen molar-refractivity contribution in [3.63, 3.8) is 0 Å². The number of aromatic nitrogens is 4. The second kappa shape index (κ2) is 9.25. The van der Waals surface area contributed by atoms with Crippen LogP contribution in [0.2, 0.25) is 0 Å². The van der Waals surface area contributed by atoms with Crippen LogP contribution in [0.25, 0.3) is 5.69 Å². The third-order valence-corrected chi connectivity index (χ3v) is 4.86. The highest BCUT2D eigenvalue weighted by molar-refractivity contribution is 6.00. The molecule has 8 nitrogen and oxygen atoms in total. The van der Waals surface area contributed by atoms with Gasteiger partial charge in [-0.2, -0.15) is 22.5 Å². The van der Waals surface area contributed by atoms with Gasteiger partial charge in [-0.05, 0) is 53.6 Å². The number of ether oxygens (including phenoxy) is 1. The number of hydrogen-bond acceptors (Lipinski definition) is 6. The summed E-state index contributed by atoms with van der Waals surface area (Å²) in [7, 11) is 2.78. The summed E-state index contributed by atoms with van der Waals surface area (Å²) in [4.78, 5) is 17.0. The zero-order chi connectivity index (χ0) is 23.5. The number of alkyl halides is 3. The molecule has 0 aliphatic heterocycles. The van der Waals surface area contributed by atoms with E-state index in [1.165, 1.54) is 26.3 Å². The lowest BCUT2D eigenvalue weighted by molar-refractivity contribution is -0.139. The van der Waals surface area contributed by atoms with Gasteiger partial charge in [0.05, 0.1) is 17.0 Å². The lowest BCUT2D eigenvalue weighted by Crippen LogP contribution is -2.23. The monoisotopic (exact) mass is 449 g/mol.